The van der Waals surface area contributed by atoms with Gasteiger partial charge in [0.25, 0.3) is 0 Å². The predicted octanol–water partition coefficient (Wildman–Crippen LogP) is 2.69. The van der Waals surface area contributed by atoms with Crippen LogP contribution in [0.15, 0.2) is 18.5 Å². The molecule has 0 aromatic carbocycles. The van der Waals surface area contributed by atoms with Crippen molar-refractivity contribution in [1.29, 1.82) is 0 Å². The molecule has 0 saturated heterocycles. The van der Waals surface area contributed by atoms with E-state index in [0.717, 1.165) is 11.7 Å². The summed E-state index contributed by atoms with van der Waals surface area (Å²) in [5.74, 6) is 2.24. The van der Waals surface area contributed by atoms with Crippen molar-refractivity contribution in [3.63, 3.8) is 0 Å². The minimum Gasteiger partial charge on any atom is -0.321 e. The molecule has 0 aliphatic heterocycles. The first-order valence-electron chi connectivity index (χ1n) is 6.33. The van der Waals surface area contributed by atoms with Crippen molar-refractivity contribution in [2.75, 3.05) is 0 Å². The zero-order chi connectivity index (χ0) is 11.4. The lowest BCUT2D eigenvalue weighted by Crippen LogP contribution is -2.28. The van der Waals surface area contributed by atoms with Crippen molar-refractivity contribution in [2.24, 2.45) is 17.6 Å². The lowest BCUT2D eigenvalue weighted by atomic mass is 9.77. The Balaban J connectivity index is 2.01. The maximum Gasteiger partial charge on any atom is 0.145 e. The molecule has 0 bridgehead atoms. The van der Waals surface area contributed by atoms with Crippen LogP contribution in [0.25, 0.3) is 0 Å². The molecule has 16 heavy (non-hydrogen) atoms. The number of rotatable bonds is 3. The van der Waals surface area contributed by atoms with E-state index in [4.69, 9.17) is 5.73 Å². The third kappa shape index (κ3) is 2.59. The van der Waals surface area contributed by atoms with Gasteiger partial charge in [-0.1, -0.05) is 26.2 Å². The molecule has 88 valence electrons. The zero-order valence-corrected chi connectivity index (χ0v) is 9.97. The fraction of sp³-hybridized carbons (Fsp3) is 0.692. The maximum absolute atomic E-state index is 6.26. The van der Waals surface area contributed by atoms with Crippen LogP contribution in [0.3, 0.4) is 0 Å². The molecule has 3 nitrogen and oxygen atoms in total. The second-order valence-corrected chi connectivity index (χ2v) is 4.83. The molecule has 0 radical (unpaired) electrons. The normalized spacial score (nSPS) is 27.6. The standard InChI is InChI=1S/C13H21N3/c1-2-10-5-3-6-11(9-10)12(14)13-15-7-4-8-16-13/h4,7-8,10-12H,2-3,5-6,9,14H2,1H3. The van der Waals surface area contributed by atoms with Crippen LogP contribution < -0.4 is 5.73 Å². The Morgan fingerprint density at radius 2 is 2.12 bits per heavy atom. The molecule has 0 amide bonds. The third-order valence-electron chi connectivity index (χ3n) is 3.79. The molecule has 3 heteroatoms. The van der Waals surface area contributed by atoms with E-state index in [1.54, 1.807) is 12.4 Å². The Morgan fingerprint density at radius 1 is 1.38 bits per heavy atom. The molecule has 2 N–H and O–H groups in total. The molecule has 1 aromatic heterocycles. The lowest BCUT2D eigenvalue weighted by Gasteiger charge is -2.31. The minimum atomic E-state index is 0.0237. The van der Waals surface area contributed by atoms with E-state index >= 15 is 0 Å². The van der Waals surface area contributed by atoms with Gasteiger partial charge in [0.2, 0.25) is 0 Å². The second kappa shape index (κ2) is 5.39. The van der Waals surface area contributed by atoms with Crippen molar-refractivity contribution in [2.45, 2.75) is 45.1 Å². The molecule has 2 rings (SSSR count). The summed E-state index contributed by atoms with van der Waals surface area (Å²) < 4.78 is 0. The van der Waals surface area contributed by atoms with Gasteiger partial charge in [0.05, 0.1) is 6.04 Å². The van der Waals surface area contributed by atoms with Crippen LogP contribution in [-0.4, -0.2) is 9.97 Å². The van der Waals surface area contributed by atoms with Crippen LogP contribution in [-0.2, 0) is 0 Å². The van der Waals surface area contributed by atoms with E-state index in [1.807, 2.05) is 6.07 Å². The lowest BCUT2D eigenvalue weighted by molar-refractivity contribution is 0.226. The monoisotopic (exact) mass is 219 g/mol. The topological polar surface area (TPSA) is 51.8 Å². The van der Waals surface area contributed by atoms with Gasteiger partial charge in [-0.05, 0) is 30.7 Å². The number of hydrogen-bond acceptors (Lipinski definition) is 3. The summed E-state index contributed by atoms with van der Waals surface area (Å²) in [4.78, 5) is 8.54. The fourth-order valence-corrected chi connectivity index (χ4v) is 2.72. The number of nitrogens with zero attached hydrogens (tertiary/aromatic N) is 2. The highest BCUT2D eigenvalue weighted by molar-refractivity contribution is 4.98. The first kappa shape index (κ1) is 11.5. The highest BCUT2D eigenvalue weighted by Crippen LogP contribution is 2.36. The number of hydrogen-bond donors (Lipinski definition) is 1. The highest BCUT2D eigenvalue weighted by Gasteiger charge is 2.27. The summed E-state index contributed by atoms with van der Waals surface area (Å²) in [6.45, 7) is 2.28. The van der Waals surface area contributed by atoms with Crippen LogP contribution in [0.5, 0.6) is 0 Å². The molecular formula is C13H21N3. The Hall–Kier alpha value is -0.960. The Kier molecular flexibility index (Phi) is 3.88. The van der Waals surface area contributed by atoms with E-state index in [9.17, 15) is 0 Å². The molecule has 1 fully saturated rings. The molecule has 1 aliphatic rings. The van der Waals surface area contributed by atoms with E-state index in [0.29, 0.717) is 5.92 Å². The molecule has 0 spiro atoms. The summed E-state index contributed by atoms with van der Waals surface area (Å²) in [5, 5.41) is 0. The van der Waals surface area contributed by atoms with Gasteiger partial charge >= 0.3 is 0 Å². The summed E-state index contributed by atoms with van der Waals surface area (Å²) in [7, 11) is 0. The third-order valence-corrected chi connectivity index (χ3v) is 3.79. The van der Waals surface area contributed by atoms with E-state index in [1.165, 1.54) is 32.1 Å². The maximum atomic E-state index is 6.26. The van der Waals surface area contributed by atoms with Gasteiger partial charge in [-0.15, -0.1) is 0 Å². The van der Waals surface area contributed by atoms with Crippen LogP contribution in [0.4, 0.5) is 0 Å². The predicted molar refractivity (Wildman–Crippen MR) is 64.7 cm³/mol. The molecule has 3 unspecified atom stereocenters. The largest absolute Gasteiger partial charge is 0.321 e. The molecule has 1 saturated carbocycles. The Morgan fingerprint density at radius 3 is 2.81 bits per heavy atom. The van der Waals surface area contributed by atoms with Crippen molar-refractivity contribution < 1.29 is 0 Å². The second-order valence-electron chi connectivity index (χ2n) is 4.83. The Labute approximate surface area is 97.5 Å². The van der Waals surface area contributed by atoms with Crippen LogP contribution in [0, 0.1) is 11.8 Å². The number of nitrogens with two attached hydrogens (primary N) is 1. The molecule has 1 aromatic rings. The van der Waals surface area contributed by atoms with Gasteiger partial charge < -0.3 is 5.73 Å². The quantitative estimate of drug-likeness (QED) is 0.850. The summed E-state index contributed by atoms with van der Waals surface area (Å²) in [6, 6.07) is 1.86. The van der Waals surface area contributed by atoms with Gasteiger partial charge in [0.15, 0.2) is 0 Å². The molecule has 1 aliphatic carbocycles. The number of aromatic nitrogens is 2. The smallest absolute Gasteiger partial charge is 0.145 e. The summed E-state index contributed by atoms with van der Waals surface area (Å²) in [5.41, 5.74) is 6.26. The van der Waals surface area contributed by atoms with E-state index < -0.39 is 0 Å². The zero-order valence-electron chi connectivity index (χ0n) is 9.97. The van der Waals surface area contributed by atoms with Crippen molar-refractivity contribution in [1.82, 2.24) is 9.97 Å². The average molecular weight is 219 g/mol. The first-order chi connectivity index (χ1) is 7.81. The van der Waals surface area contributed by atoms with E-state index in [-0.39, 0.29) is 6.04 Å². The average Bonchev–Trinajstić information content (AvgIpc) is 2.39. The van der Waals surface area contributed by atoms with E-state index in [2.05, 4.69) is 16.9 Å². The summed E-state index contributed by atoms with van der Waals surface area (Å²) >= 11 is 0. The minimum absolute atomic E-state index is 0.0237. The van der Waals surface area contributed by atoms with Crippen molar-refractivity contribution >= 4 is 0 Å². The molecule has 3 atom stereocenters. The first-order valence-corrected chi connectivity index (χ1v) is 6.33. The van der Waals surface area contributed by atoms with Crippen LogP contribution >= 0.6 is 0 Å². The van der Waals surface area contributed by atoms with Gasteiger partial charge in [0.1, 0.15) is 5.82 Å². The van der Waals surface area contributed by atoms with Crippen molar-refractivity contribution in [3.8, 4) is 0 Å². The molecule has 1 heterocycles. The van der Waals surface area contributed by atoms with Gasteiger partial charge in [-0.25, -0.2) is 9.97 Å². The van der Waals surface area contributed by atoms with Gasteiger partial charge in [0, 0.05) is 12.4 Å². The highest BCUT2D eigenvalue weighted by atomic mass is 14.9. The summed E-state index contributed by atoms with van der Waals surface area (Å²) in [6.07, 6.45) is 9.99. The fourth-order valence-electron chi connectivity index (χ4n) is 2.72. The Bertz CT molecular complexity index is 312. The van der Waals surface area contributed by atoms with Crippen molar-refractivity contribution in [3.05, 3.63) is 24.3 Å². The molecular weight excluding hydrogens is 198 g/mol. The van der Waals surface area contributed by atoms with Crippen LogP contribution in [0.2, 0.25) is 0 Å². The van der Waals surface area contributed by atoms with Gasteiger partial charge in [-0.3, -0.25) is 0 Å². The van der Waals surface area contributed by atoms with Gasteiger partial charge in [-0.2, -0.15) is 0 Å². The van der Waals surface area contributed by atoms with Crippen LogP contribution in [0.1, 0.15) is 50.9 Å². The SMILES string of the molecule is CCC1CCCC(C(N)c2ncccn2)C1.